The first-order valence-electron chi connectivity index (χ1n) is 6.58. The molecule has 2 heteroatoms. The molecule has 3 rings (SSSR count). The highest BCUT2D eigenvalue weighted by atomic mass is 16.2. The van der Waals surface area contributed by atoms with Gasteiger partial charge in [-0.3, -0.25) is 4.79 Å². The van der Waals surface area contributed by atoms with Gasteiger partial charge in [-0.05, 0) is 23.6 Å². The summed E-state index contributed by atoms with van der Waals surface area (Å²) in [5.41, 5.74) is 1.62. The molecule has 0 saturated heterocycles. The van der Waals surface area contributed by atoms with Crippen LogP contribution in [0.2, 0.25) is 0 Å². The maximum absolute atomic E-state index is 12.5. The summed E-state index contributed by atoms with van der Waals surface area (Å²) < 4.78 is 0. The van der Waals surface area contributed by atoms with Crippen LogP contribution in [0.5, 0.6) is 0 Å². The average Bonchev–Trinajstić information content (AvgIpc) is 2.54. The Morgan fingerprint density at radius 2 is 1.45 bits per heavy atom. The molecule has 3 aromatic carbocycles. The fourth-order valence-corrected chi connectivity index (χ4v) is 2.38. The Morgan fingerprint density at radius 3 is 2.25 bits per heavy atom. The monoisotopic (exact) mass is 261 g/mol. The van der Waals surface area contributed by atoms with Gasteiger partial charge in [-0.2, -0.15) is 0 Å². The highest BCUT2D eigenvalue weighted by molar-refractivity contribution is 6.10. The molecule has 2 nitrogen and oxygen atoms in total. The SMILES string of the molecule is CN(C(=O)c1ccccc1)c1cccc2ccccc12. The smallest absolute Gasteiger partial charge is 0.258 e. The molecule has 0 radical (unpaired) electrons. The van der Waals surface area contributed by atoms with Crippen molar-refractivity contribution in [1.29, 1.82) is 0 Å². The Hall–Kier alpha value is -2.61. The first kappa shape index (κ1) is 12.4. The van der Waals surface area contributed by atoms with Gasteiger partial charge in [0.1, 0.15) is 0 Å². The predicted octanol–water partition coefficient (Wildman–Crippen LogP) is 4.12. The van der Waals surface area contributed by atoms with E-state index in [4.69, 9.17) is 0 Å². The summed E-state index contributed by atoms with van der Waals surface area (Å²) in [5, 5.41) is 2.22. The van der Waals surface area contributed by atoms with Crippen LogP contribution in [0.25, 0.3) is 10.8 Å². The van der Waals surface area contributed by atoms with Crippen LogP contribution >= 0.6 is 0 Å². The van der Waals surface area contributed by atoms with E-state index >= 15 is 0 Å². The number of fused-ring (bicyclic) bond motifs is 1. The molecule has 0 aliphatic rings. The Bertz CT molecular complexity index is 744. The number of rotatable bonds is 2. The molecule has 0 aliphatic heterocycles. The lowest BCUT2D eigenvalue weighted by atomic mass is 10.1. The van der Waals surface area contributed by atoms with Gasteiger partial charge in [-0.25, -0.2) is 0 Å². The fourth-order valence-electron chi connectivity index (χ4n) is 2.38. The van der Waals surface area contributed by atoms with Crippen LogP contribution in [0.3, 0.4) is 0 Å². The highest BCUT2D eigenvalue weighted by Gasteiger charge is 2.14. The van der Waals surface area contributed by atoms with E-state index in [9.17, 15) is 4.79 Å². The summed E-state index contributed by atoms with van der Waals surface area (Å²) in [4.78, 5) is 14.2. The zero-order chi connectivity index (χ0) is 13.9. The number of nitrogens with zero attached hydrogens (tertiary/aromatic N) is 1. The number of carbonyl (C=O) groups is 1. The minimum absolute atomic E-state index is 0.00181. The van der Waals surface area contributed by atoms with Gasteiger partial charge >= 0.3 is 0 Å². The lowest BCUT2D eigenvalue weighted by Gasteiger charge is -2.19. The van der Waals surface area contributed by atoms with E-state index in [0.29, 0.717) is 5.56 Å². The molecule has 20 heavy (non-hydrogen) atoms. The molecule has 1 amide bonds. The van der Waals surface area contributed by atoms with E-state index < -0.39 is 0 Å². The second-order valence-corrected chi connectivity index (χ2v) is 4.73. The summed E-state index contributed by atoms with van der Waals surface area (Å²) >= 11 is 0. The molecule has 0 fully saturated rings. The second-order valence-electron chi connectivity index (χ2n) is 4.73. The predicted molar refractivity (Wildman–Crippen MR) is 83.1 cm³/mol. The summed E-state index contributed by atoms with van der Waals surface area (Å²) in [5.74, 6) is 0.00181. The van der Waals surface area contributed by atoms with E-state index in [1.54, 1.807) is 4.90 Å². The van der Waals surface area contributed by atoms with Crippen LogP contribution < -0.4 is 4.90 Å². The Labute approximate surface area is 118 Å². The molecule has 0 unspecified atom stereocenters. The third-order valence-electron chi connectivity index (χ3n) is 3.45. The molecule has 3 aromatic rings. The van der Waals surface area contributed by atoms with Gasteiger partial charge in [0.05, 0.1) is 5.69 Å². The maximum Gasteiger partial charge on any atom is 0.258 e. The minimum atomic E-state index is 0.00181. The van der Waals surface area contributed by atoms with E-state index in [-0.39, 0.29) is 5.91 Å². The third-order valence-corrected chi connectivity index (χ3v) is 3.45. The molecular formula is C18H15NO. The molecular weight excluding hydrogens is 246 g/mol. The van der Waals surface area contributed by atoms with Gasteiger partial charge in [0.15, 0.2) is 0 Å². The summed E-state index contributed by atoms with van der Waals surface area (Å²) in [6.45, 7) is 0. The highest BCUT2D eigenvalue weighted by Crippen LogP contribution is 2.26. The maximum atomic E-state index is 12.5. The van der Waals surface area contributed by atoms with Crippen molar-refractivity contribution in [2.75, 3.05) is 11.9 Å². The molecule has 98 valence electrons. The normalized spacial score (nSPS) is 10.4. The van der Waals surface area contributed by atoms with E-state index in [1.807, 2.05) is 67.7 Å². The summed E-state index contributed by atoms with van der Waals surface area (Å²) in [7, 11) is 1.82. The van der Waals surface area contributed by atoms with E-state index in [2.05, 4.69) is 12.1 Å². The molecule has 0 N–H and O–H groups in total. The van der Waals surface area contributed by atoms with Crippen molar-refractivity contribution < 1.29 is 4.79 Å². The first-order valence-corrected chi connectivity index (χ1v) is 6.58. The van der Waals surface area contributed by atoms with E-state index in [1.165, 1.54) is 0 Å². The molecule has 0 saturated carbocycles. The number of anilines is 1. The van der Waals surface area contributed by atoms with Crippen molar-refractivity contribution in [1.82, 2.24) is 0 Å². The Morgan fingerprint density at radius 1 is 0.800 bits per heavy atom. The molecule has 0 atom stereocenters. The molecule has 0 heterocycles. The van der Waals surface area contributed by atoms with Crippen molar-refractivity contribution in [3.63, 3.8) is 0 Å². The van der Waals surface area contributed by atoms with Gasteiger partial charge in [0, 0.05) is 18.0 Å². The fraction of sp³-hybridized carbons (Fsp3) is 0.0556. The van der Waals surface area contributed by atoms with Crippen molar-refractivity contribution >= 4 is 22.4 Å². The number of hydrogen-bond acceptors (Lipinski definition) is 1. The van der Waals surface area contributed by atoms with Crippen molar-refractivity contribution in [2.45, 2.75) is 0 Å². The number of amides is 1. The van der Waals surface area contributed by atoms with Gasteiger partial charge in [0.25, 0.3) is 5.91 Å². The lowest BCUT2D eigenvalue weighted by Crippen LogP contribution is -2.26. The van der Waals surface area contributed by atoms with Gasteiger partial charge < -0.3 is 4.90 Å². The molecule has 0 spiro atoms. The number of benzene rings is 3. The van der Waals surface area contributed by atoms with Gasteiger partial charge in [0.2, 0.25) is 0 Å². The Kier molecular flexibility index (Phi) is 3.21. The van der Waals surface area contributed by atoms with Crippen LogP contribution in [-0.4, -0.2) is 13.0 Å². The topological polar surface area (TPSA) is 20.3 Å². The number of hydrogen-bond donors (Lipinski definition) is 0. The zero-order valence-corrected chi connectivity index (χ0v) is 11.3. The first-order chi connectivity index (χ1) is 9.77. The van der Waals surface area contributed by atoms with Crippen LogP contribution in [0, 0.1) is 0 Å². The largest absolute Gasteiger partial charge is 0.311 e. The molecule has 0 aliphatic carbocycles. The van der Waals surface area contributed by atoms with Crippen molar-refractivity contribution in [2.24, 2.45) is 0 Å². The summed E-state index contributed by atoms with van der Waals surface area (Å²) in [6, 6.07) is 23.4. The third kappa shape index (κ3) is 2.16. The standard InChI is InChI=1S/C18H15NO/c1-19(18(20)15-9-3-2-4-10-15)17-13-7-11-14-8-5-6-12-16(14)17/h2-13H,1H3. The minimum Gasteiger partial charge on any atom is -0.311 e. The molecule has 0 bridgehead atoms. The number of carbonyl (C=O) groups excluding carboxylic acids is 1. The van der Waals surface area contributed by atoms with E-state index in [0.717, 1.165) is 16.5 Å². The lowest BCUT2D eigenvalue weighted by molar-refractivity contribution is 0.0993. The van der Waals surface area contributed by atoms with Crippen LogP contribution in [0.1, 0.15) is 10.4 Å². The van der Waals surface area contributed by atoms with Crippen LogP contribution in [-0.2, 0) is 0 Å². The average molecular weight is 261 g/mol. The van der Waals surface area contributed by atoms with Gasteiger partial charge in [-0.1, -0.05) is 54.6 Å². The van der Waals surface area contributed by atoms with Crippen LogP contribution in [0.4, 0.5) is 5.69 Å². The van der Waals surface area contributed by atoms with Crippen molar-refractivity contribution in [3.05, 3.63) is 78.4 Å². The Balaban J connectivity index is 2.05. The summed E-state index contributed by atoms with van der Waals surface area (Å²) in [6.07, 6.45) is 0. The zero-order valence-electron chi connectivity index (χ0n) is 11.3. The van der Waals surface area contributed by atoms with Crippen LogP contribution in [0.15, 0.2) is 72.8 Å². The van der Waals surface area contributed by atoms with Gasteiger partial charge in [-0.15, -0.1) is 0 Å². The molecule has 0 aromatic heterocycles. The second kappa shape index (κ2) is 5.17. The van der Waals surface area contributed by atoms with Crippen molar-refractivity contribution in [3.8, 4) is 0 Å². The quantitative estimate of drug-likeness (QED) is 0.679.